The molecule has 0 bridgehead atoms. The van der Waals surface area contributed by atoms with E-state index in [4.69, 9.17) is 0 Å². The fourth-order valence-corrected chi connectivity index (χ4v) is 1.56. The van der Waals surface area contributed by atoms with E-state index in [1.54, 1.807) is 39.0 Å². The Morgan fingerprint density at radius 3 is 2.50 bits per heavy atom. The van der Waals surface area contributed by atoms with Crippen molar-refractivity contribution >= 4 is 5.78 Å². The lowest BCUT2D eigenvalue weighted by Gasteiger charge is -2.07. The highest BCUT2D eigenvalue weighted by molar-refractivity contribution is 6.04. The first-order valence-corrected chi connectivity index (χ1v) is 5.61. The average molecular weight is 251 g/mol. The van der Waals surface area contributed by atoms with Gasteiger partial charge in [-0.2, -0.15) is 0 Å². The van der Waals surface area contributed by atoms with Crippen molar-refractivity contribution in [3.63, 3.8) is 0 Å². The Morgan fingerprint density at radius 2 is 2.00 bits per heavy atom. The fourth-order valence-electron chi connectivity index (χ4n) is 1.56. The summed E-state index contributed by atoms with van der Waals surface area (Å²) in [4.78, 5) is 39.6. The smallest absolute Gasteiger partial charge is 0.328 e. The molecule has 0 fully saturated rings. The quantitative estimate of drug-likeness (QED) is 0.609. The van der Waals surface area contributed by atoms with Gasteiger partial charge in [-0.15, -0.1) is 0 Å². The Balaban J connectivity index is 3.38. The highest BCUT2D eigenvalue weighted by Crippen LogP contribution is 1.99. The van der Waals surface area contributed by atoms with E-state index in [0.29, 0.717) is 5.69 Å². The van der Waals surface area contributed by atoms with Crippen molar-refractivity contribution in [2.45, 2.75) is 20.4 Å². The lowest BCUT2D eigenvalue weighted by atomic mass is 10.1. The Bertz CT molecular complexity index is 594. The van der Waals surface area contributed by atoms with Crippen LogP contribution in [0.4, 0.5) is 0 Å². The molecule has 1 N–H and O–H groups in total. The van der Waals surface area contributed by atoms with Gasteiger partial charge in [0.05, 0.1) is 0 Å². The molecule has 98 valence electrons. The predicted molar refractivity (Wildman–Crippen MR) is 68.9 cm³/mol. The second-order valence-corrected chi connectivity index (χ2v) is 4.12. The number of H-pyrrole nitrogens is 1. The lowest BCUT2D eigenvalue weighted by molar-refractivity contribution is 0.104. The molecule has 0 aliphatic heterocycles. The van der Waals surface area contributed by atoms with Gasteiger partial charge in [0.25, 0.3) is 5.56 Å². The standard InChI is InChI=1S/C12H17N3O3/c1-5-15-11(17)10(8(2)13-12(15)18)9(16)6-7-14(3)4/h6-7H,5H2,1-4H3,(H,13,18). The maximum atomic E-state index is 12.0. The van der Waals surface area contributed by atoms with E-state index in [1.807, 2.05) is 0 Å². The molecular formula is C12H17N3O3. The molecule has 1 aromatic rings. The van der Waals surface area contributed by atoms with Crippen LogP contribution in [-0.2, 0) is 6.54 Å². The van der Waals surface area contributed by atoms with Crippen LogP contribution in [0.15, 0.2) is 21.9 Å². The van der Waals surface area contributed by atoms with Crippen molar-refractivity contribution in [1.29, 1.82) is 0 Å². The summed E-state index contributed by atoms with van der Waals surface area (Å²) >= 11 is 0. The molecule has 1 rings (SSSR count). The maximum absolute atomic E-state index is 12.0. The second kappa shape index (κ2) is 5.48. The highest BCUT2D eigenvalue weighted by Gasteiger charge is 2.15. The van der Waals surface area contributed by atoms with Crippen LogP contribution in [0.3, 0.4) is 0 Å². The van der Waals surface area contributed by atoms with E-state index in [0.717, 1.165) is 4.57 Å². The van der Waals surface area contributed by atoms with Gasteiger partial charge in [-0.25, -0.2) is 4.79 Å². The van der Waals surface area contributed by atoms with Crippen molar-refractivity contribution in [2.75, 3.05) is 14.1 Å². The normalized spacial score (nSPS) is 10.9. The second-order valence-electron chi connectivity index (χ2n) is 4.12. The van der Waals surface area contributed by atoms with Crippen LogP contribution < -0.4 is 11.2 Å². The summed E-state index contributed by atoms with van der Waals surface area (Å²) in [5.74, 6) is -0.412. The van der Waals surface area contributed by atoms with Crippen molar-refractivity contribution in [3.05, 3.63) is 44.4 Å². The highest BCUT2D eigenvalue weighted by atomic mass is 16.2. The molecule has 6 nitrogen and oxygen atoms in total. The minimum Gasteiger partial charge on any atom is -0.383 e. The topological polar surface area (TPSA) is 75.2 Å². The summed E-state index contributed by atoms with van der Waals surface area (Å²) in [7, 11) is 3.54. The van der Waals surface area contributed by atoms with Crippen LogP contribution in [0.5, 0.6) is 0 Å². The molecule has 0 aliphatic carbocycles. The number of aromatic amines is 1. The molecule has 0 atom stereocenters. The predicted octanol–water partition coefficient (Wildman–Crippen LogP) is 0.123. The molecule has 0 saturated carbocycles. The van der Waals surface area contributed by atoms with Crippen LogP contribution in [0, 0.1) is 6.92 Å². The van der Waals surface area contributed by atoms with E-state index in [-0.39, 0.29) is 12.1 Å². The van der Waals surface area contributed by atoms with Crippen LogP contribution in [0.1, 0.15) is 23.0 Å². The maximum Gasteiger partial charge on any atom is 0.328 e. The zero-order valence-electron chi connectivity index (χ0n) is 11.0. The van der Waals surface area contributed by atoms with Crippen LogP contribution >= 0.6 is 0 Å². The molecule has 0 radical (unpaired) electrons. The van der Waals surface area contributed by atoms with Crippen molar-refractivity contribution in [2.24, 2.45) is 0 Å². The Labute approximate surface area is 105 Å². The van der Waals surface area contributed by atoms with Crippen LogP contribution in [-0.4, -0.2) is 34.3 Å². The van der Waals surface area contributed by atoms with Crippen molar-refractivity contribution in [1.82, 2.24) is 14.5 Å². The molecule has 0 amide bonds. The van der Waals surface area contributed by atoms with E-state index in [2.05, 4.69) is 4.98 Å². The van der Waals surface area contributed by atoms with E-state index >= 15 is 0 Å². The molecule has 6 heteroatoms. The van der Waals surface area contributed by atoms with Crippen LogP contribution in [0.2, 0.25) is 0 Å². The van der Waals surface area contributed by atoms with E-state index < -0.39 is 17.0 Å². The zero-order valence-corrected chi connectivity index (χ0v) is 11.0. The molecule has 0 unspecified atom stereocenters. The Kier molecular flexibility index (Phi) is 4.25. The summed E-state index contributed by atoms with van der Waals surface area (Å²) in [5.41, 5.74) is -0.738. The number of carbonyl (C=O) groups is 1. The molecule has 18 heavy (non-hydrogen) atoms. The molecule has 0 spiro atoms. The summed E-state index contributed by atoms with van der Waals surface area (Å²) in [6, 6.07) is 0. The van der Waals surface area contributed by atoms with Crippen LogP contribution in [0.25, 0.3) is 0 Å². The first-order valence-electron chi connectivity index (χ1n) is 5.61. The first-order chi connectivity index (χ1) is 8.38. The minimum atomic E-state index is -0.549. The monoisotopic (exact) mass is 251 g/mol. The number of nitrogens with one attached hydrogen (secondary N) is 1. The Morgan fingerprint density at radius 1 is 1.39 bits per heavy atom. The van der Waals surface area contributed by atoms with Crippen molar-refractivity contribution < 1.29 is 4.79 Å². The Hall–Kier alpha value is -2.11. The third kappa shape index (κ3) is 2.77. The number of rotatable bonds is 4. The van der Waals surface area contributed by atoms with Gasteiger partial charge in [0.1, 0.15) is 5.56 Å². The van der Waals surface area contributed by atoms with Gasteiger partial charge in [0.2, 0.25) is 0 Å². The number of allylic oxidation sites excluding steroid dienone is 1. The molecule has 0 aliphatic rings. The van der Waals surface area contributed by atoms with Gasteiger partial charge >= 0.3 is 5.69 Å². The minimum absolute atomic E-state index is 0.00884. The van der Waals surface area contributed by atoms with Gasteiger partial charge in [0.15, 0.2) is 5.78 Å². The number of hydrogen-bond donors (Lipinski definition) is 1. The third-order valence-corrected chi connectivity index (χ3v) is 2.46. The van der Waals surface area contributed by atoms with Gasteiger partial charge in [-0.3, -0.25) is 14.2 Å². The summed E-state index contributed by atoms with van der Waals surface area (Å²) in [5, 5.41) is 0. The lowest BCUT2D eigenvalue weighted by Crippen LogP contribution is -2.38. The largest absolute Gasteiger partial charge is 0.383 e. The number of aryl methyl sites for hydroxylation is 1. The zero-order chi connectivity index (χ0) is 13.9. The number of nitrogens with zero attached hydrogens (tertiary/aromatic N) is 2. The number of hydrogen-bond acceptors (Lipinski definition) is 4. The van der Waals surface area contributed by atoms with Crippen molar-refractivity contribution in [3.8, 4) is 0 Å². The fraction of sp³-hybridized carbons (Fsp3) is 0.417. The SMILES string of the molecule is CCn1c(=O)[nH]c(C)c(C(=O)C=CN(C)C)c1=O. The summed E-state index contributed by atoms with van der Waals surface area (Å²) in [6.07, 6.45) is 2.87. The van der Waals surface area contributed by atoms with E-state index in [1.165, 1.54) is 6.08 Å². The summed E-state index contributed by atoms with van der Waals surface area (Å²) < 4.78 is 1.00. The van der Waals surface area contributed by atoms with Gasteiger partial charge < -0.3 is 9.88 Å². The first kappa shape index (κ1) is 14.0. The molecular weight excluding hydrogens is 234 g/mol. The molecule has 1 heterocycles. The summed E-state index contributed by atoms with van der Waals surface area (Å²) in [6.45, 7) is 3.45. The molecule has 0 aromatic carbocycles. The van der Waals surface area contributed by atoms with Gasteiger partial charge in [-0.05, 0) is 13.8 Å². The van der Waals surface area contributed by atoms with E-state index in [9.17, 15) is 14.4 Å². The average Bonchev–Trinajstić information content (AvgIpc) is 2.26. The molecule has 1 aromatic heterocycles. The van der Waals surface area contributed by atoms with Gasteiger partial charge in [0, 0.05) is 38.6 Å². The molecule has 0 saturated heterocycles. The number of aromatic nitrogens is 2. The van der Waals surface area contributed by atoms with Gasteiger partial charge in [-0.1, -0.05) is 0 Å². The number of ketones is 1. The third-order valence-electron chi connectivity index (χ3n) is 2.46. The number of carbonyl (C=O) groups excluding carboxylic acids is 1.